The van der Waals surface area contributed by atoms with E-state index in [2.05, 4.69) is 21.1 Å². The van der Waals surface area contributed by atoms with Crippen molar-refractivity contribution < 1.29 is 37.9 Å². The van der Waals surface area contributed by atoms with Crippen molar-refractivity contribution in [3.63, 3.8) is 0 Å². The summed E-state index contributed by atoms with van der Waals surface area (Å²) in [4.78, 5) is 75.5. The minimum Gasteiger partial charge on any atom is -0.489 e. The van der Waals surface area contributed by atoms with E-state index in [-0.39, 0.29) is 61.1 Å². The number of nitrogens with one attached hydrogen (secondary N) is 3. The molecule has 1 aromatic carbocycles. The maximum Gasteiger partial charge on any atom is 0.289 e. The second-order valence-corrected chi connectivity index (χ2v) is 16.3. The number of halogens is 2. The van der Waals surface area contributed by atoms with Crippen molar-refractivity contribution in [2.75, 3.05) is 13.2 Å². The second kappa shape index (κ2) is 16.5. The molecule has 1 saturated heterocycles. The zero-order valence-corrected chi connectivity index (χ0v) is 31.7. The fraction of sp³-hybridized carbons (Fsp3) is 0.684. The average Bonchev–Trinajstić information content (AvgIpc) is 3.68. The number of likely N-dealkylation sites (tertiary alicyclic amines) is 1. The topological polar surface area (TPSA) is 156 Å². The quantitative estimate of drug-likeness (QED) is 0.227. The molecular weight excluding hydrogens is 693 g/mol. The number of nitrogens with zero attached hydrogens (tertiary/aromatic N) is 2. The van der Waals surface area contributed by atoms with Gasteiger partial charge in [-0.25, -0.2) is 4.39 Å². The van der Waals surface area contributed by atoms with Gasteiger partial charge in [-0.1, -0.05) is 70.1 Å². The maximum atomic E-state index is 15.0. The minimum absolute atomic E-state index is 0.000986. The molecule has 2 aliphatic heterocycles. The Bertz CT molecular complexity index is 1550. The van der Waals surface area contributed by atoms with Gasteiger partial charge in [0.15, 0.2) is 17.2 Å². The number of carbonyl (C=O) groups excluding carboxylic acids is 5. The van der Waals surface area contributed by atoms with E-state index in [1.165, 1.54) is 17.0 Å². The summed E-state index contributed by atoms with van der Waals surface area (Å²) in [6.45, 7) is 9.27. The second-order valence-electron chi connectivity index (χ2n) is 15.9. The number of benzene rings is 1. The molecule has 12 nitrogen and oxygen atoms in total. The lowest BCUT2D eigenvalue weighted by molar-refractivity contribution is -0.145. The van der Waals surface area contributed by atoms with Crippen molar-refractivity contribution in [1.29, 1.82) is 0 Å². The van der Waals surface area contributed by atoms with Crippen LogP contribution in [0.5, 0.6) is 5.75 Å². The van der Waals surface area contributed by atoms with E-state index in [4.69, 9.17) is 21.2 Å². The molecule has 4 aliphatic rings. The Kier molecular flexibility index (Phi) is 12.5. The predicted molar refractivity (Wildman–Crippen MR) is 193 cm³/mol. The lowest BCUT2D eigenvalue weighted by Crippen LogP contribution is -2.59. The Labute approximate surface area is 310 Å². The highest BCUT2D eigenvalue weighted by Crippen LogP contribution is 2.41. The molecule has 2 saturated carbocycles. The highest BCUT2D eigenvalue weighted by molar-refractivity contribution is 6.38. The van der Waals surface area contributed by atoms with Gasteiger partial charge >= 0.3 is 0 Å². The van der Waals surface area contributed by atoms with Gasteiger partial charge in [0.2, 0.25) is 23.5 Å². The third-order valence-electron chi connectivity index (χ3n) is 10.4. The molecule has 0 unspecified atom stereocenters. The third kappa shape index (κ3) is 9.43. The molecule has 0 bridgehead atoms. The van der Waals surface area contributed by atoms with Gasteiger partial charge in [0.05, 0.1) is 29.9 Å². The highest BCUT2D eigenvalue weighted by Gasteiger charge is 2.56. The Morgan fingerprint density at radius 1 is 1.08 bits per heavy atom. The SMILES string of the molecule is CCC[C@H](NC(=O)[C@@H]1C[C@]2(CC(c3cc(F)c(OCC)c(Cl)c3)=NO2)CN1C(=O)[C@@H](NC(=O)CC1CCCCC1)C(C)(C)C)C(=O)C(=O)NC1CC1. The van der Waals surface area contributed by atoms with Crippen LogP contribution >= 0.6 is 11.6 Å². The lowest BCUT2D eigenvalue weighted by Gasteiger charge is -2.36. The normalized spacial score (nSPS) is 23.0. The van der Waals surface area contributed by atoms with Crippen molar-refractivity contribution in [1.82, 2.24) is 20.9 Å². The van der Waals surface area contributed by atoms with Gasteiger partial charge < -0.3 is 30.4 Å². The zero-order chi connectivity index (χ0) is 37.8. The van der Waals surface area contributed by atoms with Crippen molar-refractivity contribution in [3.05, 3.63) is 28.5 Å². The first-order valence-corrected chi connectivity index (χ1v) is 19.1. The molecule has 14 heteroatoms. The lowest BCUT2D eigenvalue weighted by atomic mass is 9.84. The summed E-state index contributed by atoms with van der Waals surface area (Å²) in [5.41, 5.74) is -1.16. The maximum absolute atomic E-state index is 15.0. The molecule has 286 valence electrons. The van der Waals surface area contributed by atoms with Gasteiger partial charge in [-0.15, -0.1) is 0 Å². The predicted octanol–water partition coefficient (Wildman–Crippen LogP) is 4.98. The van der Waals surface area contributed by atoms with Crippen molar-refractivity contribution in [2.45, 2.75) is 141 Å². The Morgan fingerprint density at radius 3 is 2.40 bits per heavy atom. The number of oxime groups is 1. The van der Waals surface area contributed by atoms with Crippen molar-refractivity contribution >= 4 is 46.7 Å². The summed E-state index contributed by atoms with van der Waals surface area (Å²) in [5, 5.41) is 12.8. The number of carbonyl (C=O) groups is 5. The highest BCUT2D eigenvalue weighted by atomic mass is 35.5. The van der Waals surface area contributed by atoms with E-state index in [1.54, 1.807) is 6.92 Å². The number of hydrogen-bond donors (Lipinski definition) is 3. The Balaban J connectivity index is 1.40. The van der Waals surface area contributed by atoms with Crippen LogP contribution in [0.4, 0.5) is 4.39 Å². The van der Waals surface area contributed by atoms with Crippen LogP contribution in [0.1, 0.15) is 117 Å². The molecule has 2 heterocycles. The van der Waals surface area contributed by atoms with Gasteiger partial charge in [-0.3, -0.25) is 24.0 Å². The molecule has 2 aliphatic carbocycles. The molecule has 0 radical (unpaired) electrons. The van der Waals surface area contributed by atoms with E-state index in [0.29, 0.717) is 24.1 Å². The minimum atomic E-state index is -1.17. The van der Waals surface area contributed by atoms with Gasteiger partial charge in [0.25, 0.3) is 5.91 Å². The van der Waals surface area contributed by atoms with E-state index in [1.807, 2.05) is 27.7 Å². The van der Waals surface area contributed by atoms with Crippen LogP contribution in [0.25, 0.3) is 0 Å². The molecule has 3 fully saturated rings. The van der Waals surface area contributed by atoms with E-state index in [0.717, 1.165) is 44.9 Å². The van der Waals surface area contributed by atoms with Gasteiger partial charge in [-0.2, -0.15) is 0 Å². The number of ether oxygens (including phenoxy) is 1. The monoisotopic (exact) mass is 745 g/mol. The Morgan fingerprint density at radius 2 is 1.79 bits per heavy atom. The summed E-state index contributed by atoms with van der Waals surface area (Å²) in [7, 11) is 0. The summed E-state index contributed by atoms with van der Waals surface area (Å²) < 4.78 is 20.3. The van der Waals surface area contributed by atoms with Crippen LogP contribution in [-0.2, 0) is 28.8 Å². The molecule has 0 aromatic heterocycles. The average molecular weight is 746 g/mol. The molecule has 4 atom stereocenters. The standard InChI is InChI=1S/C38H53ClFN5O7/c1-6-11-27(31(47)35(49)41-24-14-15-24)42-34(48)29-20-38(19-28(44-52-38)23-17-25(39)32(51-7-2)26(40)18-23)21-45(29)36(50)33(37(3,4)5)43-30(46)16-22-12-9-8-10-13-22/h17-18,22,24,27,29,33H,6-16,19-21H2,1-5H3,(H,41,49)(H,42,48)(H,43,46)/t27-,29-,33+,38+/m0/s1. The molecule has 3 N–H and O–H groups in total. The van der Waals surface area contributed by atoms with Crippen LogP contribution in [0, 0.1) is 17.2 Å². The number of hydrogen-bond acceptors (Lipinski definition) is 8. The smallest absolute Gasteiger partial charge is 0.289 e. The fourth-order valence-corrected chi connectivity index (χ4v) is 7.71. The van der Waals surface area contributed by atoms with Crippen LogP contribution in [-0.4, -0.2) is 82.9 Å². The number of amides is 4. The van der Waals surface area contributed by atoms with E-state index < -0.39 is 58.5 Å². The Hall–Kier alpha value is -3.74. The summed E-state index contributed by atoms with van der Waals surface area (Å²) in [6.07, 6.45) is 8.05. The van der Waals surface area contributed by atoms with Gasteiger partial charge in [-0.05, 0) is 62.5 Å². The third-order valence-corrected chi connectivity index (χ3v) is 10.7. The van der Waals surface area contributed by atoms with Crippen LogP contribution in [0.15, 0.2) is 17.3 Å². The summed E-state index contributed by atoms with van der Waals surface area (Å²) in [5.74, 6) is -3.28. The zero-order valence-electron chi connectivity index (χ0n) is 30.9. The number of ketones is 1. The van der Waals surface area contributed by atoms with Gasteiger partial charge in [0, 0.05) is 30.9 Å². The fourth-order valence-electron chi connectivity index (χ4n) is 7.45. The van der Waals surface area contributed by atoms with Crippen LogP contribution in [0.3, 0.4) is 0 Å². The van der Waals surface area contributed by atoms with E-state index in [9.17, 15) is 28.4 Å². The molecule has 1 spiro atoms. The van der Waals surface area contributed by atoms with E-state index >= 15 is 0 Å². The number of Topliss-reactive ketones (excluding diaryl/α,β-unsaturated/α-hetero) is 1. The first-order valence-electron chi connectivity index (χ1n) is 18.8. The molecule has 5 rings (SSSR count). The van der Waals surface area contributed by atoms with Crippen LogP contribution < -0.4 is 20.7 Å². The van der Waals surface area contributed by atoms with Gasteiger partial charge in [0.1, 0.15) is 12.1 Å². The largest absolute Gasteiger partial charge is 0.489 e. The number of rotatable bonds is 14. The molecule has 1 aromatic rings. The van der Waals surface area contributed by atoms with Crippen LogP contribution in [0.2, 0.25) is 5.02 Å². The summed E-state index contributed by atoms with van der Waals surface area (Å²) >= 11 is 6.35. The van der Waals surface area contributed by atoms with Crippen molar-refractivity contribution in [3.8, 4) is 5.75 Å². The first-order chi connectivity index (χ1) is 24.6. The summed E-state index contributed by atoms with van der Waals surface area (Å²) in [6, 6.07) is -0.445. The molecular formula is C38H53ClFN5O7. The molecule has 4 amide bonds. The molecule has 52 heavy (non-hydrogen) atoms. The first kappa shape index (κ1) is 39.5. The van der Waals surface area contributed by atoms with Crippen molar-refractivity contribution in [2.24, 2.45) is 16.5 Å².